The standard InChI is InChI=1S/C17H16N4O8S/c1-10-3-5-12(8-13(10)21(24)25)30(26,27)29-14-6-4-11(7-15(14)28-2)9-19-20-17(23)16(18)22/h3-9H,1-2H3,(H2,18,22)(H,20,23)/b19-9+. The maximum absolute atomic E-state index is 12.5. The number of hydrogen-bond donors (Lipinski definition) is 2. The number of nitro benzene ring substituents is 1. The van der Waals surface area contributed by atoms with E-state index in [-0.39, 0.29) is 17.2 Å². The zero-order chi connectivity index (χ0) is 22.5. The molecule has 158 valence electrons. The minimum Gasteiger partial charge on any atom is -0.493 e. The van der Waals surface area contributed by atoms with Gasteiger partial charge in [-0.3, -0.25) is 19.7 Å². The SMILES string of the molecule is COc1cc(/C=N/NC(=O)C(N)=O)ccc1OS(=O)(=O)c1ccc(C)c([N+](=O)[O-])c1. The van der Waals surface area contributed by atoms with Crippen molar-refractivity contribution in [3.8, 4) is 11.5 Å². The molecule has 30 heavy (non-hydrogen) atoms. The van der Waals surface area contributed by atoms with E-state index in [0.717, 1.165) is 12.3 Å². The lowest BCUT2D eigenvalue weighted by Crippen LogP contribution is -2.32. The molecule has 3 N–H and O–H groups in total. The minimum absolute atomic E-state index is 0.00497. The fourth-order valence-corrected chi connectivity index (χ4v) is 3.12. The first-order chi connectivity index (χ1) is 14.0. The second-order valence-electron chi connectivity index (χ2n) is 5.72. The third kappa shape index (κ3) is 5.29. The second-order valence-corrected chi connectivity index (χ2v) is 7.26. The van der Waals surface area contributed by atoms with Crippen molar-refractivity contribution < 1.29 is 31.9 Å². The number of ether oxygens (including phenoxy) is 1. The van der Waals surface area contributed by atoms with E-state index < -0.39 is 31.8 Å². The summed E-state index contributed by atoms with van der Waals surface area (Å²) in [6.07, 6.45) is 1.16. The molecule has 2 aromatic carbocycles. The quantitative estimate of drug-likeness (QED) is 0.208. The van der Waals surface area contributed by atoms with Gasteiger partial charge in [0.05, 0.1) is 18.2 Å². The van der Waals surface area contributed by atoms with Gasteiger partial charge in [0.1, 0.15) is 4.90 Å². The van der Waals surface area contributed by atoms with Crippen LogP contribution in [0.25, 0.3) is 0 Å². The van der Waals surface area contributed by atoms with Crippen LogP contribution in [0.2, 0.25) is 0 Å². The van der Waals surface area contributed by atoms with Gasteiger partial charge >= 0.3 is 21.9 Å². The largest absolute Gasteiger partial charge is 0.493 e. The number of carbonyl (C=O) groups excluding carboxylic acids is 2. The number of carbonyl (C=O) groups is 2. The van der Waals surface area contributed by atoms with Gasteiger partial charge in [0.2, 0.25) is 0 Å². The van der Waals surface area contributed by atoms with Crippen molar-refractivity contribution in [1.29, 1.82) is 0 Å². The third-order valence-corrected chi connectivity index (χ3v) is 4.89. The van der Waals surface area contributed by atoms with Crippen LogP contribution < -0.4 is 20.1 Å². The molecule has 2 rings (SSSR count). The number of amides is 2. The van der Waals surface area contributed by atoms with E-state index in [1.165, 1.54) is 44.4 Å². The summed E-state index contributed by atoms with van der Waals surface area (Å²) in [4.78, 5) is 31.6. The summed E-state index contributed by atoms with van der Waals surface area (Å²) < 4.78 is 35.2. The number of benzene rings is 2. The highest BCUT2D eigenvalue weighted by atomic mass is 32.2. The lowest BCUT2D eigenvalue weighted by Gasteiger charge is -2.11. The van der Waals surface area contributed by atoms with Crippen molar-refractivity contribution >= 4 is 33.8 Å². The smallest absolute Gasteiger partial charge is 0.339 e. The molecule has 0 aliphatic carbocycles. The van der Waals surface area contributed by atoms with Crippen molar-refractivity contribution in [3.05, 3.63) is 57.6 Å². The zero-order valence-corrected chi connectivity index (χ0v) is 16.5. The van der Waals surface area contributed by atoms with Crippen LogP contribution >= 0.6 is 0 Å². The molecule has 13 heteroatoms. The summed E-state index contributed by atoms with van der Waals surface area (Å²) in [5.74, 6) is -2.50. The predicted molar refractivity (Wildman–Crippen MR) is 104 cm³/mol. The Bertz CT molecular complexity index is 1140. The van der Waals surface area contributed by atoms with Gasteiger partial charge in [-0.05, 0) is 36.8 Å². The molecule has 0 heterocycles. The summed E-state index contributed by atoms with van der Waals surface area (Å²) in [5.41, 5.74) is 6.96. The molecular weight excluding hydrogens is 420 g/mol. The average molecular weight is 436 g/mol. The van der Waals surface area contributed by atoms with Crippen LogP contribution in [0, 0.1) is 17.0 Å². The Morgan fingerprint density at radius 1 is 1.20 bits per heavy atom. The van der Waals surface area contributed by atoms with Crippen molar-refractivity contribution in [2.45, 2.75) is 11.8 Å². The Labute approximate surface area is 170 Å². The Morgan fingerprint density at radius 2 is 1.90 bits per heavy atom. The highest BCUT2D eigenvalue weighted by Gasteiger charge is 2.23. The molecule has 0 fully saturated rings. The molecule has 2 amide bonds. The van der Waals surface area contributed by atoms with Crippen LogP contribution in [0.1, 0.15) is 11.1 Å². The monoisotopic (exact) mass is 436 g/mol. The molecule has 0 aliphatic rings. The van der Waals surface area contributed by atoms with Gasteiger partial charge in [0.25, 0.3) is 5.69 Å². The van der Waals surface area contributed by atoms with Gasteiger partial charge in [-0.1, -0.05) is 6.07 Å². The third-order valence-electron chi connectivity index (χ3n) is 3.66. The van der Waals surface area contributed by atoms with Crippen LogP contribution in [0.3, 0.4) is 0 Å². The number of hydrogen-bond acceptors (Lipinski definition) is 9. The molecule has 2 aromatic rings. The molecule has 0 bridgehead atoms. The number of nitrogens with one attached hydrogen (secondary N) is 1. The molecule has 0 aliphatic heterocycles. The van der Waals surface area contributed by atoms with Gasteiger partial charge in [-0.2, -0.15) is 13.5 Å². The number of rotatable bonds is 7. The van der Waals surface area contributed by atoms with E-state index in [0.29, 0.717) is 11.1 Å². The normalized spacial score (nSPS) is 11.1. The summed E-state index contributed by atoms with van der Waals surface area (Å²) in [7, 11) is -3.13. The van der Waals surface area contributed by atoms with E-state index in [2.05, 4.69) is 5.10 Å². The Morgan fingerprint density at radius 3 is 2.50 bits per heavy atom. The molecule has 0 aromatic heterocycles. The minimum atomic E-state index is -4.40. The number of nitrogens with two attached hydrogens (primary N) is 1. The average Bonchev–Trinajstić information content (AvgIpc) is 2.68. The van der Waals surface area contributed by atoms with Crippen LogP contribution in [0.15, 0.2) is 46.4 Å². The van der Waals surface area contributed by atoms with Gasteiger partial charge in [-0.15, -0.1) is 0 Å². The summed E-state index contributed by atoms with van der Waals surface area (Å²) in [6.45, 7) is 1.48. The number of aryl methyl sites for hydroxylation is 1. The van der Waals surface area contributed by atoms with Gasteiger partial charge in [0.15, 0.2) is 11.5 Å². The van der Waals surface area contributed by atoms with Crippen LogP contribution in [0.5, 0.6) is 11.5 Å². The van der Waals surface area contributed by atoms with Crippen molar-refractivity contribution in [2.24, 2.45) is 10.8 Å². The van der Waals surface area contributed by atoms with Gasteiger partial charge in [0, 0.05) is 11.6 Å². The maximum atomic E-state index is 12.5. The van der Waals surface area contributed by atoms with E-state index in [9.17, 15) is 28.1 Å². The molecule has 0 radical (unpaired) electrons. The lowest BCUT2D eigenvalue weighted by molar-refractivity contribution is -0.385. The van der Waals surface area contributed by atoms with Gasteiger partial charge < -0.3 is 14.7 Å². The molecule has 0 atom stereocenters. The summed E-state index contributed by atoms with van der Waals surface area (Å²) >= 11 is 0. The number of primary amides is 1. The maximum Gasteiger partial charge on any atom is 0.339 e. The first kappa shape index (κ1) is 22.3. The lowest BCUT2D eigenvalue weighted by atomic mass is 10.2. The first-order valence-electron chi connectivity index (χ1n) is 8.05. The van der Waals surface area contributed by atoms with Crippen molar-refractivity contribution in [2.75, 3.05) is 7.11 Å². The Kier molecular flexibility index (Phi) is 6.69. The highest BCUT2D eigenvalue weighted by Crippen LogP contribution is 2.31. The molecule has 0 unspecified atom stereocenters. The summed E-state index contributed by atoms with van der Waals surface area (Å²) in [6, 6.07) is 7.39. The Hall–Kier alpha value is -4.00. The Balaban J connectivity index is 2.28. The van der Waals surface area contributed by atoms with Crippen LogP contribution in [0.4, 0.5) is 5.69 Å². The van der Waals surface area contributed by atoms with E-state index in [1.54, 1.807) is 0 Å². The molecule has 0 saturated heterocycles. The molecular formula is C17H16N4O8S. The van der Waals surface area contributed by atoms with E-state index in [1.807, 2.05) is 5.43 Å². The zero-order valence-electron chi connectivity index (χ0n) is 15.7. The number of methoxy groups -OCH3 is 1. The number of hydrazone groups is 1. The highest BCUT2D eigenvalue weighted by molar-refractivity contribution is 7.87. The number of nitrogens with zero attached hydrogens (tertiary/aromatic N) is 2. The van der Waals surface area contributed by atoms with E-state index >= 15 is 0 Å². The second kappa shape index (κ2) is 9.00. The van der Waals surface area contributed by atoms with Crippen LogP contribution in [-0.4, -0.2) is 38.5 Å². The van der Waals surface area contributed by atoms with Crippen LogP contribution in [-0.2, 0) is 19.7 Å². The fourth-order valence-electron chi connectivity index (χ4n) is 2.16. The van der Waals surface area contributed by atoms with Gasteiger partial charge in [-0.25, -0.2) is 5.43 Å². The van der Waals surface area contributed by atoms with Crippen molar-refractivity contribution in [1.82, 2.24) is 5.43 Å². The fraction of sp³-hybridized carbons (Fsp3) is 0.118. The summed E-state index contributed by atoms with van der Waals surface area (Å²) in [5, 5.41) is 14.6. The molecule has 0 spiro atoms. The number of nitro groups is 1. The topological polar surface area (TPSA) is 180 Å². The first-order valence-corrected chi connectivity index (χ1v) is 9.46. The van der Waals surface area contributed by atoms with E-state index in [4.69, 9.17) is 14.7 Å². The molecule has 0 saturated carbocycles. The predicted octanol–water partition coefficient (Wildman–Crippen LogP) is 0.615. The molecule has 12 nitrogen and oxygen atoms in total. The van der Waals surface area contributed by atoms with Crippen molar-refractivity contribution in [3.63, 3.8) is 0 Å².